The Hall–Kier alpha value is -2.83. The number of hydrogen-bond acceptors (Lipinski definition) is 3. The van der Waals surface area contributed by atoms with Crippen LogP contribution in [-0.2, 0) is 12.8 Å². The van der Waals surface area contributed by atoms with Crippen molar-refractivity contribution in [2.24, 2.45) is 0 Å². The molecule has 2 aromatic rings. The van der Waals surface area contributed by atoms with Gasteiger partial charge in [0, 0.05) is 6.08 Å². The first-order valence-electron chi connectivity index (χ1n) is 6.55. The number of rotatable bonds is 5. The number of nitro groups is 1. The van der Waals surface area contributed by atoms with Crippen molar-refractivity contribution < 1.29 is 22.8 Å². The first-order chi connectivity index (χ1) is 10.8. The molecule has 0 aliphatic rings. The van der Waals surface area contributed by atoms with Crippen LogP contribution in [0.2, 0.25) is 0 Å². The van der Waals surface area contributed by atoms with Crippen molar-refractivity contribution in [3.63, 3.8) is 0 Å². The van der Waals surface area contributed by atoms with Gasteiger partial charge in [0.1, 0.15) is 12.4 Å². The molecule has 0 N–H and O–H groups in total. The molecule has 0 fully saturated rings. The van der Waals surface area contributed by atoms with Crippen LogP contribution in [0.25, 0.3) is 6.08 Å². The minimum atomic E-state index is -4.36. The molecule has 0 spiro atoms. The number of hydrogen-bond donors (Lipinski definition) is 0. The van der Waals surface area contributed by atoms with Gasteiger partial charge in [0.05, 0.1) is 10.5 Å². The Labute approximate surface area is 130 Å². The summed E-state index contributed by atoms with van der Waals surface area (Å²) in [5.41, 5.74) is 0.462. The van der Waals surface area contributed by atoms with Crippen LogP contribution in [0.3, 0.4) is 0 Å². The molecule has 0 aliphatic heterocycles. The van der Waals surface area contributed by atoms with E-state index in [2.05, 4.69) is 0 Å². The van der Waals surface area contributed by atoms with Gasteiger partial charge in [-0.15, -0.1) is 0 Å². The molecule has 0 saturated heterocycles. The Bertz CT molecular complexity index is 709. The molecule has 23 heavy (non-hydrogen) atoms. The van der Waals surface area contributed by atoms with Crippen molar-refractivity contribution in [1.82, 2.24) is 0 Å². The van der Waals surface area contributed by atoms with Gasteiger partial charge >= 0.3 is 6.18 Å². The average molecular weight is 323 g/mol. The lowest BCUT2D eigenvalue weighted by atomic mass is 10.1. The van der Waals surface area contributed by atoms with E-state index in [9.17, 15) is 23.3 Å². The van der Waals surface area contributed by atoms with Gasteiger partial charge in [0.2, 0.25) is 6.20 Å². The monoisotopic (exact) mass is 323 g/mol. The van der Waals surface area contributed by atoms with Crippen molar-refractivity contribution in [1.29, 1.82) is 0 Å². The Kier molecular flexibility index (Phi) is 5.00. The summed E-state index contributed by atoms with van der Waals surface area (Å²) in [7, 11) is 0. The molecule has 2 aromatic carbocycles. The van der Waals surface area contributed by atoms with Crippen molar-refractivity contribution in [2.75, 3.05) is 0 Å². The Morgan fingerprint density at radius 3 is 2.43 bits per heavy atom. The molecule has 0 amide bonds. The number of nitrogens with zero attached hydrogens (tertiary/aromatic N) is 1. The molecule has 0 aliphatic carbocycles. The van der Waals surface area contributed by atoms with E-state index in [0.29, 0.717) is 16.9 Å². The van der Waals surface area contributed by atoms with E-state index in [1.165, 1.54) is 18.2 Å². The van der Waals surface area contributed by atoms with Crippen LogP contribution in [0.4, 0.5) is 13.2 Å². The normalized spacial score (nSPS) is 11.6. The van der Waals surface area contributed by atoms with Crippen LogP contribution in [-0.4, -0.2) is 4.92 Å². The number of alkyl halides is 3. The first kappa shape index (κ1) is 16.5. The largest absolute Gasteiger partial charge is 0.489 e. The van der Waals surface area contributed by atoms with Crippen molar-refractivity contribution in [3.05, 3.63) is 81.5 Å². The van der Waals surface area contributed by atoms with Crippen molar-refractivity contribution in [3.8, 4) is 5.75 Å². The van der Waals surface area contributed by atoms with E-state index in [0.717, 1.165) is 18.3 Å². The van der Waals surface area contributed by atoms with Crippen LogP contribution < -0.4 is 4.74 Å². The zero-order valence-electron chi connectivity index (χ0n) is 11.8. The van der Waals surface area contributed by atoms with Gasteiger partial charge in [-0.3, -0.25) is 10.1 Å². The zero-order valence-corrected chi connectivity index (χ0v) is 11.8. The zero-order chi connectivity index (χ0) is 16.9. The summed E-state index contributed by atoms with van der Waals surface area (Å²) in [6, 6.07) is 11.3. The molecule has 0 heterocycles. The Morgan fingerprint density at radius 1 is 1.13 bits per heavy atom. The van der Waals surface area contributed by atoms with Gasteiger partial charge in [0.15, 0.2) is 0 Å². The summed E-state index contributed by atoms with van der Waals surface area (Å²) >= 11 is 0. The summed E-state index contributed by atoms with van der Waals surface area (Å²) in [5.74, 6) is 0.468. The second-order valence-corrected chi connectivity index (χ2v) is 4.66. The van der Waals surface area contributed by atoms with E-state index in [4.69, 9.17) is 4.74 Å². The minimum Gasteiger partial charge on any atom is -0.489 e. The summed E-state index contributed by atoms with van der Waals surface area (Å²) in [5, 5.41) is 10.3. The van der Waals surface area contributed by atoms with Crippen LogP contribution in [0.5, 0.6) is 5.75 Å². The minimum absolute atomic E-state index is 0.0978. The van der Waals surface area contributed by atoms with Crippen LogP contribution in [0.15, 0.2) is 54.7 Å². The van der Waals surface area contributed by atoms with Crippen LogP contribution in [0, 0.1) is 10.1 Å². The molecule has 0 radical (unpaired) electrons. The van der Waals surface area contributed by atoms with E-state index < -0.39 is 16.7 Å². The first-order valence-corrected chi connectivity index (χ1v) is 6.55. The van der Waals surface area contributed by atoms with Gasteiger partial charge < -0.3 is 4.74 Å². The van der Waals surface area contributed by atoms with E-state index >= 15 is 0 Å². The smallest absolute Gasteiger partial charge is 0.416 e. The predicted molar refractivity (Wildman–Crippen MR) is 78.2 cm³/mol. The third kappa shape index (κ3) is 5.14. The summed E-state index contributed by atoms with van der Waals surface area (Å²) < 4.78 is 42.9. The molecular weight excluding hydrogens is 311 g/mol. The fourth-order valence-electron chi connectivity index (χ4n) is 1.81. The fraction of sp³-hybridized carbons (Fsp3) is 0.125. The van der Waals surface area contributed by atoms with Crippen molar-refractivity contribution >= 4 is 6.08 Å². The second kappa shape index (κ2) is 6.95. The molecule has 0 aromatic heterocycles. The number of ether oxygens (including phenoxy) is 1. The highest BCUT2D eigenvalue weighted by Crippen LogP contribution is 2.29. The molecule has 0 saturated carbocycles. The molecule has 120 valence electrons. The highest BCUT2D eigenvalue weighted by molar-refractivity contribution is 5.50. The summed E-state index contributed by atoms with van der Waals surface area (Å²) in [6.07, 6.45) is -2.23. The van der Waals surface area contributed by atoms with E-state index in [1.807, 2.05) is 0 Å². The quantitative estimate of drug-likeness (QED) is 0.600. The van der Waals surface area contributed by atoms with Gasteiger partial charge in [-0.1, -0.05) is 24.3 Å². The summed E-state index contributed by atoms with van der Waals surface area (Å²) in [4.78, 5) is 9.70. The topological polar surface area (TPSA) is 52.4 Å². The number of benzene rings is 2. The third-order valence-corrected chi connectivity index (χ3v) is 2.93. The van der Waals surface area contributed by atoms with Gasteiger partial charge in [-0.2, -0.15) is 13.2 Å². The molecule has 0 atom stereocenters. The number of halogens is 3. The molecule has 0 unspecified atom stereocenters. The third-order valence-electron chi connectivity index (χ3n) is 2.93. The Morgan fingerprint density at radius 2 is 1.83 bits per heavy atom. The molecule has 2 rings (SSSR count). The molecular formula is C16H12F3NO3. The maximum atomic E-state index is 12.5. The average Bonchev–Trinajstić information content (AvgIpc) is 2.51. The molecule has 4 nitrogen and oxygen atoms in total. The van der Waals surface area contributed by atoms with Crippen molar-refractivity contribution in [2.45, 2.75) is 12.8 Å². The standard InChI is InChI=1S/C16H12F3NO3/c17-16(18,19)14-6-4-13(5-7-14)11-23-15-3-1-2-12(10-15)8-9-20(21)22/h1-10H,11H2/b9-8+. The predicted octanol–water partition coefficient (Wildman–Crippen LogP) is 4.53. The van der Waals surface area contributed by atoms with E-state index in [-0.39, 0.29) is 6.61 Å². The fourth-order valence-corrected chi connectivity index (χ4v) is 1.81. The highest BCUT2D eigenvalue weighted by Gasteiger charge is 2.29. The maximum absolute atomic E-state index is 12.5. The van der Waals surface area contributed by atoms with Gasteiger partial charge in [-0.25, -0.2) is 0 Å². The lowest BCUT2D eigenvalue weighted by Crippen LogP contribution is -2.05. The lowest BCUT2D eigenvalue weighted by molar-refractivity contribution is -0.400. The Balaban J connectivity index is 2.01. The van der Waals surface area contributed by atoms with E-state index in [1.54, 1.807) is 24.3 Å². The van der Waals surface area contributed by atoms with Crippen LogP contribution >= 0.6 is 0 Å². The van der Waals surface area contributed by atoms with Gasteiger partial charge in [0.25, 0.3) is 0 Å². The molecule has 0 bridgehead atoms. The molecule has 7 heteroatoms. The lowest BCUT2D eigenvalue weighted by Gasteiger charge is -2.09. The van der Waals surface area contributed by atoms with Crippen LogP contribution in [0.1, 0.15) is 16.7 Å². The SMILES string of the molecule is O=[N+]([O-])/C=C/c1cccc(OCc2ccc(C(F)(F)F)cc2)c1. The second-order valence-electron chi connectivity index (χ2n) is 4.66. The van der Waals surface area contributed by atoms with Gasteiger partial charge in [-0.05, 0) is 35.4 Å². The maximum Gasteiger partial charge on any atom is 0.416 e. The highest BCUT2D eigenvalue weighted by atomic mass is 19.4. The summed E-state index contributed by atoms with van der Waals surface area (Å²) in [6.45, 7) is 0.0978.